The molecule has 0 radical (unpaired) electrons. The highest BCUT2D eigenvalue weighted by Gasteiger charge is 2.31. The lowest BCUT2D eigenvalue weighted by Crippen LogP contribution is -2.14. The lowest BCUT2D eigenvalue weighted by Gasteiger charge is -2.11. The van der Waals surface area contributed by atoms with Gasteiger partial charge in [-0.3, -0.25) is 9.48 Å². The Morgan fingerprint density at radius 1 is 1.12 bits per heavy atom. The van der Waals surface area contributed by atoms with Crippen LogP contribution >= 0.6 is 0 Å². The number of nitrogens with one attached hydrogen (secondary N) is 1. The summed E-state index contributed by atoms with van der Waals surface area (Å²) in [6.45, 7) is 0. The van der Waals surface area contributed by atoms with E-state index >= 15 is 0 Å². The van der Waals surface area contributed by atoms with Crippen molar-refractivity contribution >= 4 is 11.6 Å². The van der Waals surface area contributed by atoms with Crippen LogP contribution in [0.4, 0.5) is 5.69 Å². The van der Waals surface area contributed by atoms with E-state index in [0.717, 1.165) is 28.1 Å². The molecule has 0 unspecified atom stereocenters. The Morgan fingerprint density at radius 3 is 2.50 bits per heavy atom. The fourth-order valence-corrected chi connectivity index (χ4v) is 3.44. The van der Waals surface area contributed by atoms with Crippen molar-refractivity contribution in [2.45, 2.75) is 6.42 Å². The third kappa shape index (κ3) is 2.50. The summed E-state index contributed by atoms with van der Waals surface area (Å²) in [4.78, 5) is 12.7. The summed E-state index contributed by atoms with van der Waals surface area (Å²) in [7, 11) is 5.08. The van der Waals surface area contributed by atoms with Gasteiger partial charge in [-0.25, -0.2) is 0 Å². The van der Waals surface area contributed by atoms with Gasteiger partial charge >= 0.3 is 0 Å². The number of benzene rings is 2. The first kappa shape index (κ1) is 16.2. The summed E-state index contributed by atoms with van der Waals surface area (Å²) in [5.74, 6) is 1.14. The number of hydrogen-bond acceptors (Lipinski definition) is 4. The molecule has 0 aliphatic heterocycles. The van der Waals surface area contributed by atoms with Gasteiger partial charge in [0.2, 0.25) is 0 Å². The number of ether oxygens (including phenoxy) is 2. The predicted octanol–water partition coefficient (Wildman–Crippen LogP) is 3.26. The van der Waals surface area contributed by atoms with Gasteiger partial charge in [0.1, 0.15) is 0 Å². The van der Waals surface area contributed by atoms with Crippen molar-refractivity contribution in [3.8, 4) is 22.8 Å². The molecule has 6 nitrogen and oxygen atoms in total. The second kappa shape index (κ2) is 6.22. The van der Waals surface area contributed by atoms with Crippen molar-refractivity contribution < 1.29 is 14.3 Å². The first-order valence-electron chi connectivity index (χ1n) is 8.30. The van der Waals surface area contributed by atoms with Crippen LogP contribution in [0, 0.1) is 0 Å². The second-order valence-corrected chi connectivity index (χ2v) is 6.16. The van der Waals surface area contributed by atoms with Crippen LogP contribution in [0.15, 0.2) is 42.5 Å². The summed E-state index contributed by atoms with van der Waals surface area (Å²) < 4.78 is 12.6. The van der Waals surface area contributed by atoms with E-state index in [9.17, 15) is 4.79 Å². The Bertz CT molecular complexity index is 993. The number of aryl methyl sites for hydroxylation is 1. The van der Waals surface area contributed by atoms with Crippen molar-refractivity contribution in [3.05, 3.63) is 59.3 Å². The number of aromatic nitrogens is 2. The normalized spacial score (nSPS) is 11.7. The predicted molar refractivity (Wildman–Crippen MR) is 98.9 cm³/mol. The lowest BCUT2D eigenvalue weighted by molar-refractivity contribution is 0.102. The molecule has 0 saturated heterocycles. The molecule has 0 fully saturated rings. The van der Waals surface area contributed by atoms with Gasteiger partial charge in [0, 0.05) is 30.3 Å². The molecular formula is C20H19N3O3. The Balaban J connectivity index is 1.74. The van der Waals surface area contributed by atoms with Crippen LogP contribution in [0.2, 0.25) is 0 Å². The Kier molecular flexibility index (Phi) is 3.88. The topological polar surface area (TPSA) is 65.4 Å². The molecule has 1 amide bonds. The smallest absolute Gasteiger partial charge is 0.276 e. The number of amides is 1. The number of nitrogens with zero attached hydrogens (tertiary/aromatic N) is 2. The van der Waals surface area contributed by atoms with Gasteiger partial charge in [-0.05, 0) is 29.8 Å². The molecule has 26 heavy (non-hydrogen) atoms. The van der Waals surface area contributed by atoms with Crippen molar-refractivity contribution in [1.82, 2.24) is 9.78 Å². The van der Waals surface area contributed by atoms with Crippen LogP contribution in [0.3, 0.4) is 0 Å². The zero-order valence-corrected chi connectivity index (χ0v) is 14.9. The number of carbonyl (C=O) groups excluding carboxylic acids is 1. The molecule has 4 rings (SSSR count). The van der Waals surface area contributed by atoms with Gasteiger partial charge in [0.25, 0.3) is 5.91 Å². The number of methoxy groups -OCH3 is 2. The summed E-state index contributed by atoms with van der Waals surface area (Å²) in [5, 5.41) is 7.37. The Labute approximate surface area is 151 Å². The Hall–Kier alpha value is -3.28. The Morgan fingerprint density at radius 2 is 1.81 bits per heavy atom. The van der Waals surface area contributed by atoms with Crippen LogP contribution in [0.5, 0.6) is 11.5 Å². The summed E-state index contributed by atoms with van der Waals surface area (Å²) in [5.41, 5.74) is 5.17. The molecule has 1 aliphatic rings. The van der Waals surface area contributed by atoms with Gasteiger partial charge < -0.3 is 14.8 Å². The first-order valence-corrected chi connectivity index (χ1v) is 8.30. The largest absolute Gasteiger partial charge is 0.493 e. The van der Waals surface area contributed by atoms with E-state index in [0.29, 0.717) is 23.6 Å². The van der Waals surface area contributed by atoms with Crippen LogP contribution in [-0.2, 0) is 13.5 Å². The van der Waals surface area contributed by atoms with E-state index in [1.165, 1.54) is 0 Å². The van der Waals surface area contributed by atoms with Gasteiger partial charge in [-0.1, -0.05) is 18.2 Å². The lowest BCUT2D eigenvalue weighted by atomic mass is 10.1. The van der Waals surface area contributed by atoms with Crippen LogP contribution in [-0.4, -0.2) is 29.9 Å². The zero-order chi connectivity index (χ0) is 18.3. The van der Waals surface area contributed by atoms with Gasteiger partial charge in [-0.2, -0.15) is 5.10 Å². The molecular weight excluding hydrogens is 330 g/mol. The van der Waals surface area contributed by atoms with E-state index in [-0.39, 0.29) is 5.91 Å². The van der Waals surface area contributed by atoms with Gasteiger partial charge in [0.05, 0.1) is 19.9 Å². The quantitative estimate of drug-likeness (QED) is 0.614. The zero-order valence-electron chi connectivity index (χ0n) is 14.9. The number of fused-ring (bicyclic) bond motifs is 3. The summed E-state index contributed by atoms with van der Waals surface area (Å²) >= 11 is 0. The fourth-order valence-electron chi connectivity index (χ4n) is 3.44. The maximum Gasteiger partial charge on any atom is 0.276 e. The third-order valence-corrected chi connectivity index (χ3v) is 4.62. The summed E-state index contributed by atoms with van der Waals surface area (Å²) in [6.07, 6.45) is 0.635. The van der Waals surface area contributed by atoms with Gasteiger partial charge in [0.15, 0.2) is 17.2 Å². The minimum atomic E-state index is -0.209. The fraction of sp³-hybridized carbons (Fsp3) is 0.200. The number of carbonyl (C=O) groups is 1. The molecule has 0 spiro atoms. The molecule has 1 aromatic heterocycles. The van der Waals surface area contributed by atoms with Crippen LogP contribution in [0.1, 0.15) is 21.6 Å². The number of hydrogen-bond donors (Lipinski definition) is 1. The van der Waals surface area contributed by atoms with E-state index in [4.69, 9.17) is 9.47 Å². The molecule has 0 saturated carbocycles. The molecule has 0 bridgehead atoms. The average Bonchev–Trinajstić information content (AvgIpc) is 3.18. The van der Waals surface area contributed by atoms with Crippen molar-refractivity contribution in [1.29, 1.82) is 0 Å². The van der Waals surface area contributed by atoms with E-state index in [1.807, 2.05) is 49.5 Å². The number of para-hydroxylation sites is 1. The molecule has 1 N–H and O–H groups in total. The highest BCUT2D eigenvalue weighted by molar-refractivity contribution is 6.05. The van der Waals surface area contributed by atoms with Crippen molar-refractivity contribution in [3.63, 3.8) is 0 Å². The first-order chi connectivity index (χ1) is 12.6. The van der Waals surface area contributed by atoms with Crippen LogP contribution < -0.4 is 14.8 Å². The number of anilines is 1. The molecule has 3 aromatic rings. The van der Waals surface area contributed by atoms with Crippen LogP contribution in [0.25, 0.3) is 11.3 Å². The summed E-state index contributed by atoms with van der Waals surface area (Å²) in [6, 6.07) is 13.3. The molecule has 1 aliphatic carbocycles. The molecule has 6 heteroatoms. The monoisotopic (exact) mass is 349 g/mol. The SMILES string of the molecule is COc1cc2c(cc1OC)-c1c(c(C(=O)Nc3ccccc3)nn1C)C2. The molecule has 1 heterocycles. The molecule has 132 valence electrons. The highest BCUT2D eigenvalue weighted by atomic mass is 16.5. The van der Waals surface area contributed by atoms with Crippen molar-refractivity contribution in [2.24, 2.45) is 7.05 Å². The minimum absolute atomic E-state index is 0.209. The maximum atomic E-state index is 12.7. The molecule has 2 aromatic carbocycles. The standard InChI is InChI=1S/C20H19N3O3/c1-23-19-14-11-17(26-3)16(25-2)10-12(14)9-15(19)18(22-23)20(24)21-13-7-5-4-6-8-13/h4-8,10-11H,9H2,1-3H3,(H,21,24). The maximum absolute atomic E-state index is 12.7. The number of rotatable bonds is 4. The van der Waals surface area contributed by atoms with E-state index < -0.39 is 0 Å². The molecule has 0 atom stereocenters. The van der Waals surface area contributed by atoms with E-state index in [2.05, 4.69) is 10.4 Å². The highest BCUT2D eigenvalue weighted by Crippen LogP contribution is 2.43. The second-order valence-electron chi connectivity index (χ2n) is 6.16. The van der Waals surface area contributed by atoms with Gasteiger partial charge in [-0.15, -0.1) is 0 Å². The third-order valence-electron chi connectivity index (χ3n) is 4.62. The van der Waals surface area contributed by atoms with Crippen molar-refractivity contribution in [2.75, 3.05) is 19.5 Å². The minimum Gasteiger partial charge on any atom is -0.493 e. The average molecular weight is 349 g/mol. The van der Waals surface area contributed by atoms with E-state index in [1.54, 1.807) is 18.9 Å².